The molecule has 0 aliphatic rings. The molecular weight excluding hydrogens is 270 g/mol. The largest absolute Gasteiger partial charge is 0.501 e. The van der Waals surface area contributed by atoms with E-state index in [1.807, 2.05) is 20.8 Å². The molecule has 0 amide bonds. The molecule has 5 heteroatoms. The van der Waals surface area contributed by atoms with Crippen molar-refractivity contribution in [3.8, 4) is 0 Å². The molecule has 0 fully saturated rings. The fourth-order valence-corrected chi connectivity index (χ4v) is 4.69. The Morgan fingerprint density at radius 3 is 1.80 bits per heavy atom. The number of hydrogen-bond donors (Lipinski definition) is 1. The molecule has 0 saturated heterocycles. The van der Waals surface area contributed by atoms with Gasteiger partial charge >= 0.3 is 8.80 Å². The van der Waals surface area contributed by atoms with Gasteiger partial charge in [-0.15, -0.1) is 0 Å². The Labute approximate surface area is 126 Å². The molecule has 0 saturated carbocycles. The van der Waals surface area contributed by atoms with E-state index in [0.717, 1.165) is 24.6 Å². The van der Waals surface area contributed by atoms with Crippen molar-refractivity contribution in [2.45, 2.75) is 60.4 Å². The van der Waals surface area contributed by atoms with Crippen LogP contribution in [0.4, 0.5) is 0 Å². The number of allylic oxidation sites excluding steroid dienone is 2. The maximum atomic E-state index is 6.22. The summed E-state index contributed by atoms with van der Waals surface area (Å²) in [6, 6.07) is 0.752. The van der Waals surface area contributed by atoms with Gasteiger partial charge in [0, 0.05) is 31.6 Å². The fraction of sp³-hybridized carbons (Fsp3) is 0.867. The molecule has 1 atom stereocenters. The van der Waals surface area contributed by atoms with Crippen LogP contribution >= 0.6 is 0 Å². The van der Waals surface area contributed by atoms with E-state index in [1.165, 1.54) is 5.57 Å². The quantitative estimate of drug-likeness (QED) is 0.591. The van der Waals surface area contributed by atoms with Gasteiger partial charge in [-0.25, -0.2) is 0 Å². The Bertz CT molecular complexity index is 278. The Balaban J connectivity index is 4.81. The van der Waals surface area contributed by atoms with E-state index in [-0.39, 0.29) is 0 Å². The highest BCUT2D eigenvalue weighted by atomic mass is 28.4. The second-order valence-electron chi connectivity index (χ2n) is 5.00. The summed E-state index contributed by atoms with van der Waals surface area (Å²) in [4.78, 5) is 0. The molecule has 0 radical (unpaired) electrons. The highest BCUT2D eigenvalue weighted by molar-refractivity contribution is 6.60. The highest BCUT2D eigenvalue weighted by Gasteiger charge is 2.40. The first-order valence-electron chi connectivity index (χ1n) is 7.83. The zero-order valence-corrected chi connectivity index (χ0v) is 15.1. The van der Waals surface area contributed by atoms with Gasteiger partial charge in [0.05, 0.1) is 0 Å². The molecule has 20 heavy (non-hydrogen) atoms. The van der Waals surface area contributed by atoms with Crippen molar-refractivity contribution >= 4 is 8.80 Å². The lowest BCUT2D eigenvalue weighted by Crippen LogP contribution is -2.46. The van der Waals surface area contributed by atoms with Crippen LogP contribution in [0.1, 0.15) is 54.4 Å². The van der Waals surface area contributed by atoms with Gasteiger partial charge in [0.2, 0.25) is 0 Å². The molecule has 1 unspecified atom stereocenters. The van der Waals surface area contributed by atoms with Crippen LogP contribution in [0, 0.1) is 5.92 Å². The first-order chi connectivity index (χ1) is 9.46. The summed E-state index contributed by atoms with van der Waals surface area (Å²) in [6.07, 6.45) is 1.89. The van der Waals surface area contributed by atoms with Gasteiger partial charge in [0.25, 0.3) is 0 Å². The SMILES string of the molecule is CCO[Si](CCC(N)=C(C)C(C)CC)(OCC)OCC. The minimum atomic E-state index is -2.56. The molecule has 0 bridgehead atoms. The first kappa shape index (κ1) is 19.6. The van der Waals surface area contributed by atoms with Gasteiger partial charge in [-0.05, 0) is 46.5 Å². The molecule has 0 aliphatic carbocycles. The lowest BCUT2D eigenvalue weighted by molar-refractivity contribution is 0.0713. The van der Waals surface area contributed by atoms with E-state index < -0.39 is 8.80 Å². The molecular formula is C15H33NO3Si. The molecule has 0 rings (SSSR count). The van der Waals surface area contributed by atoms with Crippen LogP contribution in [0.15, 0.2) is 11.3 Å². The molecule has 120 valence electrons. The molecule has 0 aromatic carbocycles. The normalized spacial score (nSPS) is 15.1. The van der Waals surface area contributed by atoms with Crippen LogP contribution in [-0.2, 0) is 13.3 Å². The second-order valence-corrected chi connectivity index (χ2v) is 7.73. The maximum Gasteiger partial charge on any atom is 0.501 e. The van der Waals surface area contributed by atoms with Gasteiger partial charge in [-0.2, -0.15) is 0 Å². The van der Waals surface area contributed by atoms with E-state index >= 15 is 0 Å². The Morgan fingerprint density at radius 2 is 1.45 bits per heavy atom. The molecule has 0 spiro atoms. The monoisotopic (exact) mass is 303 g/mol. The minimum Gasteiger partial charge on any atom is -0.402 e. The van der Waals surface area contributed by atoms with Crippen molar-refractivity contribution in [1.82, 2.24) is 0 Å². The zero-order chi connectivity index (χ0) is 15.6. The summed E-state index contributed by atoms with van der Waals surface area (Å²) in [5, 5.41) is 0. The van der Waals surface area contributed by atoms with E-state index in [1.54, 1.807) is 0 Å². The second kappa shape index (κ2) is 10.4. The highest BCUT2D eigenvalue weighted by Crippen LogP contribution is 2.23. The average Bonchev–Trinajstić information content (AvgIpc) is 2.44. The lowest BCUT2D eigenvalue weighted by Gasteiger charge is -2.28. The summed E-state index contributed by atoms with van der Waals surface area (Å²) in [5.41, 5.74) is 8.46. The summed E-state index contributed by atoms with van der Waals surface area (Å²) >= 11 is 0. The standard InChI is InChI=1S/C15H33NO3Si/c1-7-13(5)14(6)15(16)11-12-20(17-8-2,18-9-3)19-10-4/h13H,7-12,16H2,1-6H3. The third-order valence-electron chi connectivity index (χ3n) is 3.65. The van der Waals surface area contributed by atoms with Crippen LogP contribution in [0.3, 0.4) is 0 Å². The fourth-order valence-electron chi connectivity index (χ4n) is 2.11. The van der Waals surface area contributed by atoms with E-state index in [9.17, 15) is 0 Å². The molecule has 0 aromatic rings. The third kappa shape index (κ3) is 6.39. The average molecular weight is 304 g/mol. The van der Waals surface area contributed by atoms with Crippen molar-refractivity contribution in [1.29, 1.82) is 0 Å². The van der Waals surface area contributed by atoms with E-state index in [0.29, 0.717) is 25.7 Å². The van der Waals surface area contributed by atoms with E-state index in [2.05, 4.69) is 20.8 Å². The van der Waals surface area contributed by atoms with Gasteiger partial charge in [-0.1, -0.05) is 19.4 Å². The van der Waals surface area contributed by atoms with E-state index in [4.69, 9.17) is 19.0 Å². The van der Waals surface area contributed by atoms with Crippen molar-refractivity contribution in [3.63, 3.8) is 0 Å². The van der Waals surface area contributed by atoms with Gasteiger partial charge in [-0.3, -0.25) is 0 Å². The van der Waals surface area contributed by atoms with Crippen molar-refractivity contribution in [2.24, 2.45) is 11.7 Å². The molecule has 4 nitrogen and oxygen atoms in total. The lowest BCUT2D eigenvalue weighted by atomic mass is 9.97. The third-order valence-corrected chi connectivity index (χ3v) is 6.70. The summed E-state index contributed by atoms with van der Waals surface area (Å²) in [6.45, 7) is 14.3. The zero-order valence-electron chi connectivity index (χ0n) is 14.1. The minimum absolute atomic E-state index is 0.525. The van der Waals surface area contributed by atoms with Crippen LogP contribution in [0.25, 0.3) is 0 Å². The summed E-state index contributed by atoms with van der Waals surface area (Å²) in [7, 11) is -2.56. The predicted octanol–water partition coefficient (Wildman–Crippen LogP) is 3.70. The van der Waals surface area contributed by atoms with Crippen LogP contribution in [0.5, 0.6) is 0 Å². The van der Waals surface area contributed by atoms with Crippen LogP contribution in [0.2, 0.25) is 6.04 Å². The Morgan fingerprint density at radius 1 is 1.00 bits per heavy atom. The van der Waals surface area contributed by atoms with Crippen LogP contribution < -0.4 is 5.73 Å². The van der Waals surface area contributed by atoms with Crippen molar-refractivity contribution < 1.29 is 13.3 Å². The summed E-state index contributed by atoms with van der Waals surface area (Å²) < 4.78 is 17.5. The van der Waals surface area contributed by atoms with Gasteiger partial charge in [0.15, 0.2) is 0 Å². The summed E-state index contributed by atoms with van der Waals surface area (Å²) in [5.74, 6) is 0.525. The Hall–Kier alpha value is -0.363. The number of hydrogen-bond acceptors (Lipinski definition) is 4. The van der Waals surface area contributed by atoms with Gasteiger partial charge < -0.3 is 19.0 Å². The first-order valence-corrected chi connectivity index (χ1v) is 9.76. The van der Waals surface area contributed by atoms with Crippen molar-refractivity contribution in [3.05, 3.63) is 11.3 Å². The topological polar surface area (TPSA) is 53.7 Å². The molecule has 0 heterocycles. The van der Waals surface area contributed by atoms with Crippen molar-refractivity contribution in [2.75, 3.05) is 19.8 Å². The number of rotatable bonds is 11. The van der Waals surface area contributed by atoms with Gasteiger partial charge in [0.1, 0.15) is 0 Å². The molecule has 0 aliphatic heterocycles. The molecule has 2 N–H and O–H groups in total. The maximum absolute atomic E-state index is 6.22. The smallest absolute Gasteiger partial charge is 0.402 e. The number of nitrogens with two attached hydrogens (primary N) is 1. The molecule has 0 aromatic heterocycles. The Kier molecular flexibility index (Phi) is 10.2. The predicted molar refractivity (Wildman–Crippen MR) is 86.4 cm³/mol. The van der Waals surface area contributed by atoms with Crippen LogP contribution in [-0.4, -0.2) is 28.6 Å².